The van der Waals surface area contributed by atoms with Gasteiger partial charge in [-0.1, -0.05) is 6.92 Å². The van der Waals surface area contributed by atoms with E-state index in [1.807, 2.05) is 0 Å². The first kappa shape index (κ1) is 14.6. The van der Waals surface area contributed by atoms with Gasteiger partial charge in [0.2, 0.25) is 0 Å². The van der Waals surface area contributed by atoms with E-state index in [2.05, 4.69) is 32.7 Å². The molecule has 0 saturated carbocycles. The average molecular weight is 360 g/mol. The number of sulfone groups is 1. The Morgan fingerprint density at radius 1 is 1.26 bits per heavy atom. The van der Waals surface area contributed by atoms with Gasteiger partial charge in [-0.2, -0.15) is 0 Å². The molecule has 102 valence electrons. The summed E-state index contributed by atoms with van der Waals surface area (Å²) >= 11 is 5.07. The van der Waals surface area contributed by atoms with Gasteiger partial charge in [0.05, 0.1) is 14.4 Å². The number of rotatable bonds is 5. The van der Waals surface area contributed by atoms with Gasteiger partial charge in [-0.25, -0.2) is 8.42 Å². The van der Waals surface area contributed by atoms with Crippen molar-refractivity contribution in [2.24, 2.45) is 0 Å². The van der Waals surface area contributed by atoms with Crippen LogP contribution >= 0.6 is 27.3 Å². The van der Waals surface area contributed by atoms with Crippen molar-refractivity contribution in [2.45, 2.75) is 18.4 Å². The molecular formula is C13H14BrNO2S2. The summed E-state index contributed by atoms with van der Waals surface area (Å²) in [5, 5.41) is 5.34. The number of hydrogen-bond acceptors (Lipinski definition) is 4. The SMILES string of the molecule is CCS(=O)(=O)c1ccc(NCc2csc(Br)c2)cc1. The molecule has 0 unspecified atom stereocenters. The van der Waals surface area contributed by atoms with Gasteiger partial charge in [-0.15, -0.1) is 11.3 Å². The minimum atomic E-state index is -3.11. The summed E-state index contributed by atoms with van der Waals surface area (Å²) in [6.07, 6.45) is 0. The normalized spacial score (nSPS) is 11.5. The van der Waals surface area contributed by atoms with Crippen LogP contribution in [0.15, 0.2) is 44.4 Å². The van der Waals surface area contributed by atoms with Gasteiger partial charge >= 0.3 is 0 Å². The van der Waals surface area contributed by atoms with Crippen molar-refractivity contribution in [1.82, 2.24) is 0 Å². The van der Waals surface area contributed by atoms with Gasteiger partial charge in [0.15, 0.2) is 9.84 Å². The number of benzene rings is 1. The van der Waals surface area contributed by atoms with Crippen LogP contribution in [0.4, 0.5) is 5.69 Å². The van der Waals surface area contributed by atoms with Crippen molar-refractivity contribution in [1.29, 1.82) is 0 Å². The summed E-state index contributed by atoms with van der Waals surface area (Å²) < 4.78 is 24.4. The zero-order valence-corrected chi connectivity index (χ0v) is 13.6. The summed E-state index contributed by atoms with van der Waals surface area (Å²) in [5.41, 5.74) is 2.11. The highest BCUT2D eigenvalue weighted by Crippen LogP contribution is 2.22. The van der Waals surface area contributed by atoms with Crippen molar-refractivity contribution in [3.8, 4) is 0 Å². The summed E-state index contributed by atoms with van der Waals surface area (Å²) in [5.74, 6) is 0.128. The second-order valence-corrected chi connectivity index (χ2v) is 8.61. The van der Waals surface area contributed by atoms with Crippen LogP contribution in [-0.4, -0.2) is 14.2 Å². The third-order valence-corrected chi connectivity index (χ3v) is 6.02. The molecule has 3 nitrogen and oxygen atoms in total. The van der Waals surface area contributed by atoms with Gasteiger partial charge in [0.25, 0.3) is 0 Å². The standard InChI is InChI=1S/C13H14BrNO2S2/c1-2-19(16,17)12-5-3-11(4-6-12)15-8-10-7-13(14)18-9-10/h3-7,9,15H,2,8H2,1H3. The largest absolute Gasteiger partial charge is 0.381 e. The highest BCUT2D eigenvalue weighted by molar-refractivity contribution is 9.11. The Morgan fingerprint density at radius 2 is 1.95 bits per heavy atom. The molecule has 6 heteroatoms. The molecule has 19 heavy (non-hydrogen) atoms. The molecule has 1 heterocycles. The van der Waals surface area contributed by atoms with E-state index >= 15 is 0 Å². The van der Waals surface area contributed by atoms with E-state index in [1.165, 1.54) is 5.56 Å². The molecule has 0 saturated heterocycles. The Hall–Kier alpha value is -0.850. The van der Waals surface area contributed by atoms with Crippen LogP contribution in [0.5, 0.6) is 0 Å². The van der Waals surface area contributed by atoms with E-state index in [4.69, 9.17) is 0 Å². The zero-order chi connectivity index (χ0) is 13.9. The van der Waals surface area contributed by atoms with Crippen molar-refractivity contribution in [3.05, 3.63) is 45.1 Å². The van der Waals surface area contributed by atoms with Crippen molar-refractivity contribution in [3.63, 3.8) is 0 Å². The molecule has 2 aromatic rings. The van der Waals surface area contributed by atoms with E-state index in [1.54, 1.807) is 42.5 Å². The lowest BCUT2D eigenvalue weighted by molar-refractivity contribution is 0.597. The summed E-state index contributed by atoms with van der Waals surface area (Å²) in [6.45, 7) is 2.37. The highest BCUT2D eigenvalue weighted by atomic mass is 79.9. The molecule has 0 radical (unpaired) electrons. The van der Waals surface area contributed by atoms with Crippen LogP contribution in [0, 0.1) is 0 Å². The Kier molecular flexibility index (Phi) is 4.65. The maximum absolute atomic E-state index is 11.7. The van der Waals surface area contributed by atoms with Crippen molar-refractivity contribution in [2.75, 3.05) is 11.1 Å². The molecular weight excluding hydrogens is 346 g/mol. The third kappa shape index (κ3) is 3.81. The van der Waals surface area contributed by atoms with Gasteiger partial charge in [-0.3, -0.25) is 0 Å². The number of anilines is 1. The number of nitrogens with one attached hydrogen (secondary N) is 1. The topological polar surface area (TPSA) is 46.2 Å². The lowest BCUT2D eigenvalue weighted by Gasteiger charge is -2.06. The zero-order valence-electron chi connectivity index (χ0n) is 10.4. The molecule has 0 aliphatic heterocycles. The van der Waals surface area contributed by atoms with E-state index in [9.17, 15) is 8.42 Å². The average Bonchev–Trinajstić information content (AvgIpc) is 2.83. The summed E-state index contributed by atoms with van der Waals surface area (Å²) in [6, 6.07) is 8.94. The summed E-state index contributed by atoms with van der Waals surface area (Å²) in [7, 11) is -3.11. The second-order valence-electron chi connectivity index (χ2n) is 4.04. The van der Waals surface area contributed by atoms with E-state index in [0.717, 1.165) is 16.0 Å². The number of hydrogen-bond donors (Lipinski definition) is 1. The monoisotopic (exact) mass is 359 g/mol. The molecule has 0 amide bonds. The van der Waals surface area contributed by atoms with Gasteiger partial charge in [0, 0.05) is 12.2 Å². The predicted molar refractivity (Wildman–Crippen MR) is 83.5 cm³/mol. The van der Waals surface area contributed by atoms with Gasteiger partial charge in [-0.05, 0) is 57.2 Å². The predicted octanol–water partition coefficient (Wildman–Crippen LogP) is 3.92. The lowest BCUT2D eigenvalue weighted by atomic mass is 10.3. The summed E-state index contributed by atoms with van der Waals surface area (Å²) in [4.78, 5) is 0.374. The molecule has 0 spiro atoms. The molecule has 0 atom stereocenters. The van der Waals surface area contributed by atoms with Crippen molar-refractivity contribution >= 4 is 42.8 Å². The molecule has 0 aliphatic carbocycles. The second kappa shape index (κ2) is 6.07. The fourth-order valence-corrected chi connectivity index (χ4v) is 3.68. The smallest absolute Gasteiger partial charge is 0.178 e. The maximum atomic E-state index is 11.7. The molecule has 0 fully saturated rings. The van der Waals surface area contributed by atoms with E-state index < -0.39 is 9.84 Å². The Balaban J connectivity index is 2.03. The van der Waals surface area contributed by atoms with Gasteiger partial charge in [0.1, 0.15) is 0 Å². The number of thiophene rings is 1. The van der Waals surface area contributed by atoms with E-state index in [-0.39, 0.29) is 5.75 Å². The molecule has 2 rings (SSSR count). The molecule has 1 N–H and O–H groups in total. The first-order valence-corrected chi connectivity index (χ1v) is 9.13. The quantitative estimate of drug-likeness (QED) is 0.879. The fourth-order valence-electron chi connectivity index (χ4n) is 1.59. The van der Waals surface area contributed by atoms with Crippen LogP contribution in [0.3, 0.4) is 0 Å². The molecule has 0 aliphatic rings. The lowest BCUT2D eigenvalue weighted by Crippen LogP contribution is -2.04. The Morgan fingerprint density at radius 3 is 2.47 bits per heavy atom. The Labute approximate surface area is 125 Å². The van der Waals surface area contributed by atoms with Crippen LogP contribution in [0.1, 0.15) is 12.5 Å². The van der Waals surface area contributed by atoms with Crippen molar-refractivity contribution < 1.29 is 8.42 Å². The first-order valence-electron chi connectivity index (χ1n) is 5.81. The van der Waals surface area contributed by atoms with E-state index in [0.29, 0.717) is 4.90 Å². The van der Waals surface area contributed by atoms with Crippen LogP contribution in [0.25, 0.3) is 0 Å². The Bertz CT molecular complexity index is 648. The minimum Gasteiger partial charge on any atom is -0.381 e. The number of halogens is 1. The van der Waals surface area contributed by atoms with Crippen LogP contribution in [0.2, 0.25) is 0 Å². The molecule has 0 bridgehead atoms. The van der Waals surface area contributed by atoms with Gasteiger partial charge < -0.3 is 5.32 Å². The highest BCUT2D eigenvalue weighted by Gasteiger charge is 2.10. The van der Waals surface area contributed by atoms with Crippen LogP contribution < -0.4 is 5.32 Å². The minimum absolute atomic E-state index is 0.128. The fraction of sp³-hybridized carbons (Fsp3) is 0.231. The van der Waals surface area contributed by atoms with Crippen LogP contribution in [-0.2, 0) is 16.4 Å². The molecule has 1 aromatic carbocycles. The maximum Gasteiger partial charge on any atom is 0.178 e. The first-order chi connectivity index (χ1) is 9.01. The third-order valence-electron chi connectivity index (χ3n) is 2.71. The molecule has 1 aromatic heterocycles.